The molecule has 0 amide bonds. The number of nitrogens with zero attached hydrogens (tertiary/aromatic N) is 2. The minimum atomic E-state index is 0.289. The van der Waals surface area contributed by atoms with E-state index in [-0.39, 0.29) is 5.41 Å². The average molecular weight is 263 g/mol. The maximum absolute atomic E-state index is 5.40. The zero-order valence-electron chi connectivity index (χ0n) is 12.5. The second-order valence-electron chi connectivity index (χ2n) is 5.98. The van der Waals surface area contributed by atoms with Crippen LogP contribution in [0.5, 0.6) is 0 Å². The summed E-state index contributed by atoms with van der Waals surface area (Å²) in [5.41, 5.74) is 2.74. The molecule has 0 spiro atoms. The van der Waals surface area contributed by atoms with Crippen molar-refractivity contribution < 1.29 is 4.74 Å². The highest BCUT2D eigenvalue weighted by Crippen LogP contribution is 2.39. The quantitative estimate of drug-likeness (QED) is 0.887. The van der Waals surface area contributed by atoms with Gasteiger partial charge in [0.05, 0.1) is 0 Å². The van der Waals surface area contributed by atoms with Crippen LogP contribution in [-0.2, 0) is 17.8 Å². The third kappa shape index (κ3) is 3.51. The van der Waals surface area contributed by atoms with Gasteiger partial charge in [0.1, 0.15) is 6.61 Å². The third-order valence-electron chi connectivity index (χ3n) is 3.61. The van der Waals surface area contributed by atoms with E-state index in [1.807, 2.05) is 13.1 Å². The largest absolute Gasteiger partial charge is 0.374 e. The highest BCUT2D eigenvalue weighted by Gasteiger charge is 2.33. The average Bonchev–Trinajstić information content (AvgIpc) is 2.35. The van der Waals surface area contributed by atoms with E-state index in [0.717, 1.165) is 25.2 Å². The van der Waals surface area contributed by atoms with Gasteiger partial charge >= 0.3 is 0 Å². The van der Waals surface area contributed by atoms with Crippen molar-refractivity contribution in [3.05, 3.63) is 23.3 Å². The lowest BCUT2D eigenvalue weighted by atomic mass is 9.74. The molecule has 2 rings (SSSR count). The first-order chi connectivity index (χ1) is 9.05. The number of fused-ring (bicyclic) bond motifs is 1. The van der Waals surface area contributed by atoms with E-state index < -0.39 is 0 Å². The predicted molar refractivity (Wildman–Crippen MR) is 75.9 cm³/mol. The van der Waals surface area contributed by atoms with Crippen LogP contribution in [0.25, 0.3) is 0 Å². The maximum Gasteiger partial charge on any atom is 0.154 e. The summed E-state index contributed by atoms with van der Waals surface area (Å²) >= 11 is 0. The Hall–Kier alpha value is -1.00. The number of rotatable bonds is 5. The first-order valence-corrected chi connectivity index (χ1v) is 7.21. The summed E-state index contributed by atoms with van der Waals surface area (Å²) in [6, 6.07) is 0.380. The van der Waals surface area contributed by atoms with Crippen LogP contribution in [0.3, 0.4) is 0 Å². The molecule has 1 heterocycles. The van der Waals surface area contributed by atoms with Crippen LogP contribution in [0.2, 0.25) is 0 Å². The second kappa shape index (κ2) is 5.97. The van der Waals surface area contributed by atoms with Crippen LogP contribution in [0.1, 0.15) is 57.2 Å². The summed E-state index contributed by atoms with van der Waals surface area (Å²) in [5, 5.41) is 3.55. The van der Waals surface area contributed by atoms with Gasteiger partial charge in [0.25, 0.3) is 0 Å². The van der Waals surface area contributed by atoms with Gasteiger partial charge < -0.3 is 10.1 Å². The Morgan fingerprint density at radius 3 is 2.89 bits per heavy atom. The molecule has 0 bridgehead atoms. The van der Waals surface area contributed by atoms with Crippen molar-refractivity contribution in [2.75, 3.05) is 13.2 Å². The van der Waals surface area contributed by atoms with Gasteiger partial charge in [-0.05, 0) is 31.7 Å². The summed E-state index contributed by atoms with van der Waals surface area (Å²) < 4.78 is 5.40. The molecule has 4 heteroatoms. The molecule has 1 aromatic heterocycles. The van der Waals surface area contributed by atoms with Crippen molar-refractivity contribution >= 4 is 0 Å². The fourth-order valence-electron chi connectivity index (χ4n) is 2.78. The summed E-state index contributed by atoms with van der Waals surface area (Å²) in [4.78, 5) is 9.14. The van der Waals surface area contributed by atoms with E-state index in [0.29, 0.717) is 19.3 Å². The fraction of sp³-hybridized carbons (Fsp3) is 0.733. The van der Waals surface area contributed by atoms with Gasteiger partial charge in [-0.1, -0.05) is 20.8 Å². The molecule has 1 aliphatic carbocycles. The first kappa shape index (κ1) is 14.4. The first-order valence-electron chi connectivity index (χ1n) is 7.21. The SMILES string of the molecule is CCNC1CC(C)(C)Cc2nc(COCC)ncc21. The van der Waals surface area contributed by atoms with Gasteiger partial charge in [-0.25, -0.2) is 9.97 Å². The van der Waals surface area contributed by atoms with E-state index in [1.165, 1.54) is 11.3 Å². The van der Waals surface area contributed by atoms with Crippen LogP contribution in [0, 0.1) is 5.41 Å². The molecule has 4 nitrogen and oxygen atoms in total. The molecule has 1 atom stereocenters. The summed E-state index contributed by atoms with van der Waals surface area (Å²) in [6.45, 7) is 10.9. The summed E-state index contributed by atoms with van der Waals surface area (Å²) in [5.74, 6) is 0.800. The Labute approximate surface area is 116 Å². The van der Waals surface area contributed by atoms with Crippen LogP contribution < -0.4 is 5.32 Å². The summed E-state index contributed by atoms with van der Waals surface area (Å²) in [7, 11) is 0. The topological polar surface area (TPSA) is 47.0 Å². The molecule has 0 saturated heterocycles. The number of hydrogen-bond acceptors (Lipinski definition) is 4. The molecule has 0 fully saturated rings. The Bertz CT molecular complexity index is 431. The van der Waals surface area contributed by atoms with E-state index in [4.69, 9.17) is 9.72 Å². The lowest BCUT2D eigenvalue weighted by Gasteiger charge is -2.36. The molecule has 19 heavy (non-hydrogen) atoms. The van der Waals surface area contributed by atoms with E-state index in [2.05, 4.69) is 31.1 Å². The Morgan fingerprint density at radius 1 is 1.42 bits per heavy atom. The predicted octanol–water partition coefficient (Wildman–Crippen LogP) is 2.64. The molecule has 1 unspecified atom stereocenters. The van der Waals surface area contributed by atoms with Crippen molar-refractivity contribution in [1.29, 1.82) is 0 Å². The zero-order chi connectivity index (χ0) is 13.9. The molecular formula is C15H25N3O. The second-order valence-corrected chi connectivity index (χ2v) is 5.98. The third-order valence-corrected chi connectivity index (χ3v) is 3.61. The van der Waals surface area contributed by atoms with Crippen LogP contribution in [0.4, 0.5) is 0 Å². The van der Waals surface area contributed by atoms with Crippen molar-refractivity contribution in [3.63, 3.8) is 0 Å². The normalized spacial score (nSPS) is 21.2. The van der Waals surface area contributed by atoms with Gasteiger partial charge in [0, 0.05) is 30.1 Å². The minimum absolute atomic E-state index is 0.289. The molecule has 1 aromatic rings. The van der Waals surface area contributed by atoms with Crippen molar-refractivity contribution in [2.45, 2.75) is 53.2 Å². The van der Waals surface area contributed by atoms with Crippen molar-refractivity contribution in [1.82, 2.24) is 15.3 Å². The maximum atomic E-state index is 5.40. The fourth-order valence-corrected chi connectivity index (χ4v) is 2.78. The van der Waals surface area contributed by atoms with E-state index in [1.54, 1.807) is 0 Å². The summed E-state index contributed by atoms with van der Waals surface area (Å²) in [6.07, 6.45) is 4.15. The standard InChI is InChI=1S/C15H25N3O/c1-5-16-12-7-15(3,4)8-13-11(12)9-17-14(18-13)10-19-6-2/h9,12,16H,5-8,10H2,1-4H3. The smallest absolute Gasteiger partial charge is 0.154 e. The molecule has 0 aromatic carbocycles. The van der Waals surface area contributed by atoms with E-state index >= 15 is 0 Å². The minimum Gasteiger partial charge on any atom is -0.374 e. The molecule has 0 aliphatic heterocycles. The molecule has 1 aliphatic rings. The molecule has 106 valence electrons. The van der Waals surface area contributed by atoms with Gasteiger partial charge in [0.2, 0.25) is 0 Å². The zero-order valence-corrected chi connectivity index (χ0v) is 12.5. The van der Waals surface area contributed by atoms with Gasteiger partial charge in [-0.15, -0.1) is 0 Å². The van der Waals surface area contributed by atoms with Crippen molar-refractivity contribution in [2.24, 2.45) is 5.41 Å². The Balaban J connectivity index is 2.26. The van der Waals surface area contributed by atoms with Gasteiger partial charge in [0.15, 0.2) is 5.82 Å². The highest BCUT2D eigenvalue weighted by atomic mass is 16.5. The van der Waals surface area contributed by atoms with E-state index in [9.17, 15) is 0 Å². The Kier molecular flexibility index (Phi) is 4.53. The van der Waals surface area contributed by atoms with Gasteiger partial charge in [-0.3, -0.25) is 0 Å². The van der Waals surface area contributed by atoms with Crippen molar-refractivity contribution in [3.8, 4) is 0 Å². The van der Waals surface area contributed by atoms with Crippen LogP contribution >= 0.6 is 0 Å². The number of hydrogen-bond donors (Lipinski definition) is 1. The molecule has 0 radical (unpaired) electrons. The lowest BCUT2D eigenvalue weighted by molar-refractivity contribution is 0.127. The molecule has 0 saturated carbocycles. The Morgan fingerprint density at radius 2 is 2.21 bits per heavy atom. The number of aromatic nitrogens is 2. The highest BCUT2D eigenvalue weighted by molar-refractivity contribution is 5.26. The molecular weight excluding hydrogens is 238 g/mol. The monoisotopic (exact) mass is 263 g/mol. The van der Waals surface area contributed by atoms with Crippen LogP contribution in [-0.4, -0.2) is 23.1 Å². The van der Waals surface area contributed by atoms with Crippen LogP contribution in [0.15, 0.2) is 6.20 Å². The van der Waals surface area contributed by atoms with Gasteiger partial charge in [-0.2, -0.15) is 0 Å². The molecule has 1 N–H and O–H groups in total. The number of nitrogens with one attached hydrogen (secondary N) is 1. The lowest BCUT2D eigenvalue weighted by Crippen LogP contribution is -2.34. The number of ether oxygens (including phenoxy) is 1.